The summed E-state index contributed by atoms with van der Waals surface area (Å²) in [5.74, 6) is -1.95. The van der Waals surface area contributed by atoms with E-state index in [1.54, 1.807) is 42.5 Å². The Hall–Kier alpha value is -3.32. The largest absolute Gasteiger partial charge is 0.465 e. The molecule has 7 nitrogen and oxygen atoms in total. The molecule has 27 heavy (non-hydrogen) atoms. The van der Waals surface area contributed by atoms with Gasteiger partial charge in [0, 0.05) is 5.69 Å². The molecule has 2 aromatic rings. The first kappa shape index (κ1) is 18.5. The van der Waals surface area contributed by atoms with E-state index < -0.39 is 24.2 Å². The van der Waals surface area contributed by atoms with Crippen LogP contribution in [-0.4, -0.2) is 31.3 Å². The highest BCUT2D eigenvalue weighted by molar-refractivity contribution is 6.42. The number of cyclic esters (lactones) is 1. The van der Waals surface area contributed by atoms with Gasteiger partial charge >= 0.3 is 17.9 Å². The van der Waals surface area contributed by atoms with Crippen LogP contribution in [0.3, 0.4) is 0 Å². The molecule has 8 heteroatoms. The maximum atomic E-state index is 12.2. The van der Waals surface area contributed by atoms with Gasteiger partial charge in [-0.3, -0.25) is 0 Å². The number of ether oxygens (including phenoxy) is 3. The Morgan fingerprint density at radius 2 is 1.63 bits per heavy atom. The molecule has 0 radical (unpaired) electrons. The van der Waals surface area contributed by atoms with Crippen LogP contribution >= 0.6 is 11.6 Å². The van der Waals surface area contributed by atoms with E-state index in [4.69, 9.17) is 21.1 Å². The number of esters is 3. The second kappa shape index (κ2) is 7.92. The zero-order valence-electron chi connectivity index (χ0n) is 14.1. The molecule has 0 bridgehead atoms. The Labute approximate surface area is 159 Å². The molecular formula is C19H14ClNO6. The lowest BCUT2D eigenvalue weighted by Gasteiger charge is -2.16. The van der Waals surface area contributed by atoms with Crippen molar-refractivity contribution in [3.8, 4) is 0 Å². The molecule has 0 amide bonds. The predicted molar refractivity (Wildman–Crippen MR) is 96.0 cm³/mol. The molecule has 1 heterocycles. The minimum Gasteiger partial charge on any atom is -0.465 e. The summed E-state index contributed by atoms with van der Waals surface area (Å²) in [7, 11) is 1.28. The average Bonchev–Trinajstić information content (AvgIpc) is 2.96. The Morgan fingerprint density at radius 3 is 2.26 bits per heavy atom. The highest BCUT2D eigenvalue weighted by Crippen LogP contribution is 2.28. The summed E-state index contributed by atoms with van der Waals surface area (Å²) >= 11 is 5.98. The van der Waals surface area contributed by atoms with Crippen molar-refractivity contribution in [2.75, 3.05) is 12.4 Å². The molecule has 0 spiro atoms. The van der Waals surface area contributed by atoms with Crippen molar-refractivity contribution in [3.63, 3.8) is 0 Å². The van der Waals surface area contributed by atoms with Crippen molar-refractivity contribution in [2.24, 2.45) is 0 Å². The van der Waals surface area contributed by atoms with Gasteiger partial charge in [-0.1, -0.05) is 29.8 Å². The standard InChI is InChI=1S/C19H14ClNO6/c1-25-16(22)12-7-9-13(10-8-12)21-15-14(20)18(24)27-19(15)26-17(23)11-5-3-2-4-6-11/h2-10,19,21H,1H3/t19-/m0/s1. The minimum atomic E-state index is -1.31. The highest BCUT2D eigenvalue weighted by atomic mass is 35.5. The zero-order chi connectivity index (χ0) is 19.4. The number of rotatable bonds is 5. The van der Waals surface area contributed by atoms with Gasteiger partial charge in [0.25, 0.3) is 6.29 Å². The molecule has 0 unspecified atom stereocenters. The van der Waals surface area contributed by atoms with Gasteiger partial charge in [-0.15, -0.1) is 0 Å². The molecule has 1 N–H and O–H groups in total. The molecule has 3 rings (SSSR count). The number of benzene rings is 2. The average molecular weight is 388 g/mol. The van der Waals surface area contributed by atoms with Crippen LogP contribution in [0.15, 0.2) is 65.3 Å². The Bertz CT molecular complexity index is 908. The van der Waals surface area contributed by atoms with Gasteiger partial charge in [0.15, 0.2) is 5.03 Å². The maximum Gasteiger partial charge on any atom is 0.355 e. The van der Waals surface area contributed by atoms with Crippen molar-refractivity contribution in [3.05, 3.63) is 76.5 Å². The second-order valence-corrected chi connectivity index (χ2v) is 5.81. The number of hydrogen-bond acceptors (Lipinski definition) is 7. The third-order valence-corrected chi connectivity index (χ3v) is 4.03. The number of halogens is 1. The molecule has 138 valence electrons. The van der Waals surface area contributed by atoms with Gasteiger partial charge in [0.1, 0.15) is 5.70 Å². The Balaban J connectivity index is 1.76. The summed E-state index contributed by atoms with van der Waals surface area (Å²) in [6.45, 7) is 0. The van der Waals surface area contributed by atoms with Gasteiger partial charge < -0.3 is 19.5 Å². The van der Waals surface area contributed by atoms with Crippen LogP contribution in [0.25, 0.3) is 0 Å². The van der Waals surface area contributed by atoms with Crippen LogP contribution in [0.5, 0.6) is 0 Å². The summed E-state index contributed by atoms with van der Waals surface area (Å²) in [6, 6.07) is 14.5. The monoisotopic (exact) mass is 387 g/mol. The van der Waals surface area contributed by atoms with Crippen molar-refractivity contribution in [1.29, 1.82) is 0 Å². The lowest BCUT2D eigenvalue weighted by molar-refractivity contribution is -0.152. The van der Waals surface area contributed by atoms with Crippen LogP contribution in [0.1, 0.15) is 20.7 Å². The fourth-order valence-corrected chi connectivity index (χ4v) is 2.50. The zero-order valence-corrected chi connectivity index (χ0v) is 14.9. The van der Waals surface area contributed by atoms with Crippen LogP contribution in [-0.2, 0) is 19.0 Å². The maximum absolute atomic E-state index is 12.2. The molecule has 0 saturated heterocycles. The van der Waals surface area contributed by atoms with Crippen molar-refractivity contribution < 1.29 is 28.6 Å². The van der Waals surface area contributed by atoms with Crippen molar-refractivity contribution >= 4 is 35.2 Å². The number of hydrogen-bond donors (Lipinski definition) is 1. The van der Waals surface area contributed by atoms with E-state index in [9.17, 15) is 14.4 Å². The second-order valence-electron chi connectivity index (χ2n) is 5.43. The Kier molecular flexibility index (Phi) is 5.42. The van der Waals surface area contributed by atoms with E-state index in [1.807, 2.05) is 0 Å². The first-order valence-corrected chi connectivity index (χ1v) is 8.19. The normalized spacial score (nSPS) is 15.9. The van der Waals surface area contributed by atoms with Crippen molar-refractivity contribution in [2.45, 2.75) is 6.29 Å². The summed E-state index contributed by atoms with van der Waals surface area (Å²) in [4.78, 5) is 35.5. The Morgan fingerprint density at radius 1 is 1.00 bits per heavy atom. The van der Waals surface area contributed by atoms with Crippen molar-refractivity contribution in [1.82, 2.24) is 0 Å². The predicted octanol–water partition coefficient (Wildman–Crippen LogP) is 3.08. The summed E-state index contributed by atoms with van der Waals surface area (Å²) in [6.07, 6.45) is -1.31. The molecule has 1 aliphatic rings. The fourth-order valence-electron chi connectivity index (χ4n) is 2.32. The molecule has 0 aromatic heterocycles. The van der Waals surface area contributed by atoms with Crippen LogP contribution in [0.4, 0.5) is 5.69 Å². The van der Waals surface area contributed by atoms with E-state index in [0.29, 0.717) is 16.8 Å². The number of anilines is 1. The van der Waals surface area contributed by atoms with E-state index in [2.05, 4.69) is 10.1 Å². The number of nitrogens with one attached hydrogen (secondary N) is 1. The quantitative estimate of drug-likeness (QED) is 0.788. The lowest BCUT2D eigenvalue weighted by Crippen LogP contribution is -2.24. The molecule has 0 aliphatic carbocycles. The third-order valence-electron chi connectivity index (χ3n) is 3.67. The van der Waals surface area contributed by atoms with Crippen LogP contribution in [0.2, 0.25) is 0 Å². The summed E-state index contributed by atoms with van der Waals surface area (Å²) in [5.41, 5.74) is 1.26. The highest BCUT2D eigenvalue weighted by Gasteiger charge is 2.36. The SMILES string of the molecule is COC(=O)c1ccc(NC2=C(Cl)C(=O)O[C@@H]2OC(=O)c2ccccc2)cc1. The lowest BCUT2D eigenvalue weighted by atomic mass is 10.2. The number of methoxy groups -OCH3 is 1. The van der Waals surface area contributed by atoms with Gasteiger partial charge in [0.2, 0.25) is 0 Å². The van der Waals surface area contributed by atoms with Gasteiger partial charge in [-0.05, 0) is 36.4 Å². The molecular weight excluding hydrogens is 374 g/mol. The molecule has 0 fully saturated rings. The smallest absolute Gasteiger partial charge is 0.355 e. The molecule has 1 aliphatic heterocycles. The minimum absolute atomic E-state index is 0.0942. The van der Waals surface area contributed by atoms with E-state index >= 15 is 0 Å². The summed E-state index contributed by atoms with van der Waals surface area (Å²) in [5, 5.41) is 2.66. The fraction of sp³-hybridized carbons (Fsp3) is 0.105. The molecule has 2 aromatic carbocycles. The molecule has 0 saturated carbocycles. The number of carbonyl (C=O) groups is 3. The van der Waals surface area contributed by atoms with E-state index in [-0.39, 0.29) is 10.7 Å². The first-order valence-electron chi connectivity index (χ1n) is 7.81. The first-order chi connectivity index (χ1) is 13.0. The van der Waals surface area contributed by atoms with E-state index in [1.165, 1.54) is 19.2 Å². The van der Waals surface area contributed by atoms with Crippen LogP contribution < -0.4 is 5.32 Å². The van der Waals surface area contributed by atoms with Gasteiger partial charge in [0.05, 0.1) is 18.2 Å². The third kappa shape index (κ3) is 4.09. The summed E-state index contributed by atoms with van der Waals surface area (Å²) < 4.78 is 14.9. The topological polar surface area (TPSA) is 90.9 Å². The number of carbonyl (C=O) groups excluding carboxylic acids is 3. The van der Waals surface area contributed by atoms with Gasteiger partial charge in [-0.25, -0.2) is 14.4 Å². The molecule has 1 atom stereocenters. The van der Waals surface area contributed by atoms with Crippen LogP contribution in [0, 0.1) is 0 Å². The van der Waals surface area contributed by atoms with E-state index in [0.717, 1.165) is 0 Å². The van der Waals surface area contributed by atoms with Gasteiger partial charge in [-0.2, -0.15) is 0 Å².